The van der Waals surface area contributed by atoms with E-state index in [1.807, 2.05) is 0 Å². The molecule has 0 bridgehead atoms. The molecule has 0 radical (unpaired) electrons. The summed E-state index contributed by atoms with van der Waals surface area (Å²) in [5.74, 6) is -1.79. The van der Waals surface area contributed by atoms with Gasteiger partial charge in [0.25, 0.3) is 0 Å². The molecule has 1 unspecified atom stereocenters. The standard InChI is InChI=1S/C24H34O4S5/c1-3-4-5-6-7-8-9-10-11-12-17-20(29)32-24(2,33-23(30)31)22(27)28-19-16-14-13-15-18(19)21(25)26/h13-16H,3-12,17H2,1-2H3,(H,25,26)(H,30,31). The molecule has 0 aliphatic carbocycles. The van der Waals surface area contributed by atoms with E-state index in [1.54, 1.807) is 19.1 Å². The van der Waals surface area contributed by atoms with E-state index < -0.39 is 16.0 Å². The number of rotatable bonds is 16. The van der Waals surface area contributed by atoms with Crippen molar-refractivity contribution in [2.75, 3.05) is 0 Å². The van der Waals surface area contributed by atoms with Crippen LogP contribution in [-0.2, 0) is 4.79 Å². The lowest BCUT2D eigenvalue weighted by atomic mass is 10.1. The van der Waals surface area contributed by atoms with Gasteiger partial charge in [0.1, 0.15) is 14.8 Å². The molecule has 184 valence electrons. The Morgan fingerprint density at radius 1 is 0.970 bits per heavy atom. The number of thioether (sulfide) groups is 2. The largest absolute Gasteiger partial charge is 0.478 e. The van der Waals surface area contributed by atoms with Crippen molar-refractivity contribution in [1.29, 1.82) is 0 Å². The van der Waals surface area contributed by atoms with Crippen molar-refractivity contribution in [3.05, 3.63) is 29.8 Å². The Hall–Kier alpha value is -0.610. The third-order valence-electron chi connectivity index (χ3n) is 5.02. The highest BCUT2D eigenvalue weighted by Crippen LogP contribution is 2.42. The summed E-state index contributed by atoms with van der Waals surface area (Å²) in [6.07, 6.45) is 13.2. The van der Waals surface area contributed by atoms with Gasteiger partial charge in [0, 0.05) is 4.20 Å². The van der Waals surface area contributed by atoms with E-state index in [4.69, 9.17) is 29.2 Å². The number of benzene rings is 1. The van der Waals surface area contributed by atoms with Gasteiger partial charge < -0.3 is 9.84 Å². The number of para-hydroxylation sites is 1. The molecule has 1 atom stereocenters. The Labute approximate surface area is 222 Å². The van der Waals surface area contributed by atoms with Gasteiger partial charge in [-0.25, -0.2) is 9.59 Å². The summed E-state index contributed by atoms with van der Waals surface area (Å²) in [6.45, 7) is 3.92. The van der Waals surface area contributed by atoms with E-state index >= 15 is 0 Å². The molecule has 1 aromatic rings. The van der Waals surface area contributed by atoms with Crippen molar-refractivity contribution in [2.24, 2.45) is 0 Å². The Morgan fingerprint density at radius 2 is 1.52 bits per heavy atom. The highest BCUT2D eigenvalue weighted by atomic mass is 32.2. The number of hydrogen-bond donors (Lipinski definition) is 2. The number of carboxylic acid groups (broad SMARTS) is 1. The first-order valence-corrected chi connectivity index (χ1v) is 14.3. The molecule has 4 nitrogen and oxygen atoms in total. The van der Waals surface area contributed by atoms with Crippen LogP contribution in [0.15, 0.2) is 24.3 Å². The molecule has 9 heteroatoms. The Morgan fingerprint density at radius 3 is 2.06 bits per heavy atom. The molecular weight excluding hydrogens is 513 g/mol. The van der Waals surface area contributed by atoms with Gasteiger partial charge >= 0.3 is 11.9 Å². The molecule has 0 aromatic heterocycles. The second-order valence-electron chi connectivity index (χ2n) is 7.91. The summed E-state index contributed by atoms with van der Waals surface area (Å²) in [5, 5.41) is 9.34. The van der Waals surface area contributed by atoms with E-state index in [-0.39, 0.29) is 14.8 Å². The van der Waals surface area contributed by atoms with Crippen LogP contribution in [0.25, 0.3) is 0 Å². The summed E-state index contributed by atoms with van der Waals surface area (Å²) in [4.78, 5) is 24.4. The van der Waals surface area contributed by atoms with Gasteiger partial charge in [0.2, 0.25) is 0 Å². The fourth-order valence-corrected chi connectivity index (χ4v) is 7.40. The first-order valence-electron chi connectivity index (χ1n) is 11.4. The van der Waals surface area contributed by atoms with E-state index in [9.17, 15) is 14.7 Å². The Kier molecular flexibility index (Phi) is 15.6. The summed E-state index contributed by atoms with van der Waals surface area (Å²) in [5.41, 5.74) is -0.0791. The quantitative estimate of drug-likeness (QED) is 0.0536. The molecule has 1 aromatic carbocycles. The fourth-order valence-electron chi connectivity index (χ4n) is 3.22. The average molecular weight is 547 g/mol. The summed E-state index contributed by atoms with van der Waals surface area (Å²) in [7, 11) is 0. The van der Waals surface area contributed by atoms with Crippen molar-refractivity contribution < 1.29 is 19.4 Å². The van der Waals surface area contributed by atoms with E-state index in [1.165, 1.54) is 75.3 Å². The van der Waals surface area contributed by atoms with Crippen LogP contribution < -0.4 is 4.74 Å². The number of carboxylic acids is 1. The van der Waals surface area contributed by atoms with Gasteiger partial charge in [0.15, 0.2) is 4.08 Å². The van der Waals surface area contributed by atoms with Crippen LogP contribution in [0.3, 0.4) is 0 Å². The zero-order chi connectivity index (χ0) is 24.7. The van der Waals surface area contributed by atoms with Crippen molar-refractivity contribution in [3.8, 4) is 5.75 Å². The molecule has 0 heterocycles. The zero-order valence-corrected chi connectivity index (χ0v) is 23.5. The number of thiocarbonyl (C=S) groups is 2. The molecule has 0 saturated heterocycles. The highest BCUT2D eigenvalue weighted by molar-refractivity contribution is 8.47. The minimum atomic E-state index is -1.17. The summed E-state index contributed by atoms with van der Waals surface area (Å²) in [6, 6.07) is 6.04. The lowest BCUT2D eigenvalue weighted by molar-refractivity contribution is -0.134. The topological polar surface area (TPSA) is 63.6 Å². The van der Waals surface area contributed by atoms with Gasteiger partial charge in [-0.05, 0) is 31.9 Å². The van der Waals surface area contributed by atoms with Gasteiger partial charge in [0.05, 0.1) is 0 Å². The minimum absolute atomic E-state index is 0.00637. The number of carbonyl (C=O) groups excluding carboxylic acids is 1. The smallest absolute Gasteiger partial charge is 0.339 e. The molecule has 0 fully saturated rings. The molecular formula is C24H34O4S5. The van der Waals surface area contributed by atoms with Gasteiger partial charge in [-0.3, -0.25) is 0 Å². The van der Waals surface area contributed by atoms with Crippen molar-refractivity contribution in [3.63, 3.8) is 0 Å². The predicted octanol–water partition coefficient (Wildman–Crippen LogP) is 8.33. The minimum Gasteiger partial charge on any atom is -0.478 e. The summed E-state index contributed by atoms with van der Waals surface area (Å²) < 4.78 is 5.30. The first-order chi connectivity index (χ1) is 15.7. The van der Waals surface area contributed by atoms with Crippen molar-refractivity contribution in [1.82, 2.24) is 0 Å². The van der Waals surface area contributed by atoms with Crippen LogP contribution in [0.4, 0.5) is 0 Å². The first kappa shape index (κ1) is 30.4. The molecule has 0 amide bonds. The molecule has 33 heavy (non-hydrogen) atoms. The van der Waals surface area contributed by atoms with Crippen LogP contribution in [0, 0.1) is 0 Å². The summed E-state index contributed by atoms with van der Waals surface area (Å²) >= 11 is 17.1. The van der Waals surface area contributed by atoms with Crippen LogP contribution in [-0.4, -0.2) is 28.8 Å². The van der Waals surface area contributed by atoms with Crippen molar-refractivity contribution in [2.45, 2.75) is 88.6 Å². The van der Waals surface area contributed by atoms with Crippen molar-refractivity contribution >= 4 is 80.3 Å². The van der Waals surface area contributed by atoms with Gasteiger partial charge in [-0.2, -0.15) is 0 Å². The lowest BCUT2D eigenvalue weighted by Gasteiger charge is -2.26. The number of ether oxygens (including phenoxy) is 1. The van der Waals surface area contributed by atoms with Crippen LogP contribution in [0.1, 0.15) is 94.8 Å². The van der Waals surface area contributed by atoms with E-state index in [0.29, 0.717) is 4.20 Å². The van der Waals surface area contributed by atoms with Crippen LogP contribution in [0.5, 0.6) is 5.75 Å². The number of carbonyl (C=O) groups is 2. The molecule has 0 aliphatic heterocycles. The van der Waals surface area contributed by atoms with Crippen LogP contribution in [0.2, 0.25) is 0 Å². The zero-order valence-electron chi connectivity index (χ0n) is 19.3. The Balaban J connectivity index is 2.54. The molecule has 1 rings (SSSR count). The molecule has 0 spiro atoms. The second-order valence-corrected chi connectivity index (χ2v) is 13.6. The number of unbranched alkanes of at least 4 members (excludes halogenated alkanes) is 9. The highest BCUT2D eigenvalue weighted by Gasteiger charge is 2.39. The third kappa shape index (κ3) is 12.6. The van der Waals surface area contributed by atoms with E-state index in [2.05, 4.69) is 19.6 Å². The second kappa shape index (κ2) is 16.9. The maximum atomic E-state index is 13.0. The Bertz CT molecular complexity index is 799. The monoisotopic (exact) mass is 546 g/mol. The maximum Gasteiger partial charge on any atom is 0.339 e. The SMILES string of the molecule is CCCCCCCCCCCCC(=S)SC(C)(SC(=S)S)C(=O)Oc1ccccc1C(=O)O. The normalized spacial score (nSPS) is 12.7. The molecule has 0 saturated carbocycles. The third-order valence-corrected chi connectivity index (χ3v) is 8.21. The fraction of sp³-hybridized carbons (Fsp3) is 0.583. The van der Waals surface area contributed by atoms with Gasteiger partial charge in [-0.15, -0.1) is 12.6 Å². The molecule has 1 N–H and O–H groups in total. The van der Waals surface area contributed by atoms with Gasteiger partial charge in [-0.1, -0.05) is 125 Å². The van der Waals surface area contributed by atoms with Crippen LogP contribution >= 0.6 is 60.6 Å². The number of esters is 1. The molecule has 0 aliphatic rings. The predicted molar refractivity (Wildman–Crippen MR) is 153 cm³/mol. The maximum absolute atomic E-state index is 13.0. The number of hydrogen-bond acceptors (Lipinski definition) is 7. The van der Waals surface area contributed by atoms with E-state index in [0.717, 1.165) is 31.0 Å². The average Bonchev–Trinajstić information content (AvgIpc) is 2.74. The lowest BCUT2D eigenvalue weighted by Crippen LogP contribution is -2.34. The number of thiol groups is 1. The number of aromatic carboxylic acids is 1.